The highest BCUT2D eigenvalue weighted by molar-refractivity contribution is 9.10. The van der Waals surface area contributed by atoms with E-state index in [2.05, 4.69) is 21.2 Å². The van der Waals surface area contributed by atoms with Gasteiger partial charge in [0.15, 0.2) is 11.5 Å². The molecular formula is C18H20BrNO3. The van der Waals surface area contributed by atoms with Crippen LogP contribution in [0.5, 0.6) is 11.5 Å². The number of carbonyl (C=O) groups excluding carboxylic acids is 1. The number of ether oxygens (including phenoxy) is 2. The number of benzene rings is 2. The molecule has 0 aliphatic heterocycles. The highest BCUT2D eigenvalue weighted by Gasteiger charge is 2.10. The van der Waals surface area contributed by atoms with Crippen molar-refractivity contribution in [1.29, 1.82) is 0 Å². The molecule has 0 saturated carbocycles. The van der Waals surface area contributed by atoms with E-state index in [4.69, 9.17) is 9.47 Å². The summed E-state index contributed by atoms with van der Waals surface area (Å²) in [5, 5.41) is 2.92. The van der Waals surface area contributed by atoms with Gasteiger partial charge in [0.2, 0.25) is 5.91 Å². The molecule has 1 amide bonds. The lowest BCUT2D eigenvalue weighted by molar-refractivity contribution is -0.121. The lowest BCUT2D eigenvalue weighted by Gasteiger charge is -2.13. The SMILES string of the molecule is COc1cccc(CNC(=O)CCc2cccc(Br)c2)c1OC. The standard InChI is InChI=1S/C18H20BrNO3/c1-22-16-8-4-6-14(18(16)23-2)12-20-17(21)10-9-13-5-3-7-15(19)11-13/h3-8,11H,9-10,12H2,1-2H3,(H,20,21). The van der Waals surface area contributed by atoms with Gasteiger partial charge in [0.05, 0.1) is 14.2 Å². The van der Waals surface area contributed by atoms with Crippen molar-refractivity contribution in [2.75, 3.05) is 14.2 Å². The van der Waals surface area contributed by atoms with E-state index in [0.29, 0.717) is 30.9 Å². The Labute approximate surface area is 144 Å². The molecule has 0 spiro atoms. The van der Waals surface area contributed by atoms with Crippen LogP contribution in [0.2, 0.25) is 0 Å². The monoisotopic (exact) mass is 377 g/mol. The summed E-state index contributed by atoms with van der Waals surface area (Å²) >= 11 is 3.43. The van der Waals surface area contributed by atoms with Crippen molar-refractivity contribution in [3.05, 3.63) is 58.1 Å². The summed E-state index contributed by atoms with van der Waals surface area (Å²) in [4.78, 5) is 12.0. The van der Waals surface area contributed by atoms with Crippen molar-refractivity contribution in [3.8, 4) is 11.5 Å². The predicted molar refractivity (Wildman–Crippen MR) is 93.9 cm³/mol. The molecule has 0 saturated heterocycles. The van der Waals surface area contributed by atoms with Gasteiger partial charge < -0.3 is 14.8 Å². The Bertz CT molecular complexity index is 673. The summed E-state index contributed by atoms with van der Waals surface area (Å²) in [6.45, 7) is 0.414. The second kappa shape index (κ2) is 8.58. The molecule has 2 rings (SSSR count). The number of aryl methyl sites for hydroxylation is 1. The Morgan fingerprint density at radius 1 is 1.13 bits per heavy atom. The zero-order chi connectivity index (χ0) is 16.7. The predicted octanol–water partition coefficient (Wildman–Crippen LogP) is 3.72. The van der Waals surface area contributed by atoms with Gasteiger partial charge in [-0.25, -0.2) is 0 Å². The molecule has 122 valence electrons. The number of nitrogens with one attached hydrogen (secondary N) is 1. The first-order chi connectivity index (χ1) is 11.1. The molecule has 0 heterocycles. The molecule has 0 aromatic heterocycles. The molecule has 0 aliphatic carbocycles. The van der Waals surface area contributed by atoms with Gasteiger partial charge in [0.1, 0.15) is 0 Å². The summed E-state index contributed by atoms with van der Waals surface area (Å²) in [6, 6.07) is 13.6. The quantitative estimate of drug-likeness (QED) is 0.799. The van der Waals surface area contributed by atoms with Gasteiger partial charge >= 0.3 is 0 Å². The molecule has 0 unspecified atom stereocenters. The fourth-order valence-corrected chi connectivity index (χ4v) is 2.77. The zero-order valence-electron chi connectivity index (χ0n) is 13.3. The van der Waals surface area contributed by atoms with Crippen molar-refractivity contribution in [1.82, 2.24) is 5.32 Å². The number of carbonyl (C=O) groups is 1. The smallest absolute Gasteiger partial charge is 0.220 e. The molecule has 0 atom stereocenters. The van der Waals surface area contributed by atoms with E-state index in [1.807, 2.05) is 42.5 Å². The molecule has 4 nitrogen and oxygen atoms in total. The Morgan fingerprint density at radius 3 is 2.61 bits per heavy atom. The van der Waals surface area contributed by atoms with Crippen LogP contribution >= 0.6 is 15.9 Å². The van der Waals surface area contributed by atoms with E-state index < -0.39 is 0 Å². The topological polar surface area (TPSA) is 47.6 Å². The summed E-state index contributed by atoms with van der Waals surface area (Å²) in [5.74, 6) is 1.32. The molecule has 0 fully saturated rings. The number of halogens is 1. The average Bonchev–Trinajstić information content (AvgIpc) is 2.57. The lowest BCUT2D eigenvalue weighted by atomic mass is 10.1. The van der Waals surface area contributed by atoms with Gasteiger partial charge in [-0.05, 0) is 30.2 Å². The molecule has 0 aliphatic rings. The van der Waals surface area contributed by atoms with Crippen LogP contribution in [0, 0.1) is 0 Å². The number of rotatable bonds is 7. The third-order valence-electron chi connectivity index (χ3n) is 3.49. The molecule has 0 bridgehead atoms. The van der Waals surface area contributed by atoms with Crippen LogP contribution in [-0.2, 0) is 17.8 Å². The Balaban J connectivity index is 1.89. The minimum absolute atomic E-state index is 0.00912. The third-order valence-corrected chi connectivity index (χ3v) is 3.98. The highest BCUT2D eigenvalue weighted by Crippen LogP contribution is 2.30. The number of methoxy groups -OCH3 is 2. The fourth-order valence-electron chi connectivity index (χ4n) is 2.33. The Kier molecular flexibility index (Phi) is 6.47. The number of para-hydroxylation sites is 1. The fraction of sp³-hybridized carbons (Fsp3) is 0.278. The van der Waals surface area contributed by atoms with Crippen LogP contribution < -0.4 is 14.8 Å². The molecule has 2 aromatic carbocycles. The highest BCUT2D eigenvalue weighted by atomic mass is 79.9. The van der Waals surface area contributed by atoms with Gasteiger partial charge in [0.25, 0.3) is 0 Å². The first-order valence-electron chi connectivity index (χ1n) is 7.35. The number of hydrogen-bond acceptors (Lipinski definition) is 3. The van der Waals surface area contributed by atoms with Crippen molar-refractivity contribution in [2.24, 2.45) is 0 Å². The average molecular weight is 378 g/mol. The van der Waals surface area contributed by atoms with Crippen LogP contribution in [0.3, 0.4) is 0 Å². The van der Waals surface area contributed by atoms with Gasteiger partial charge in [0, 0.05) is 23.0 Å². The van der Waals surface area contributed by atoms with Crippen molar-refractivity contribution >= 4 is 21.8 Å². The van der Waals surface area contributed by atoms with Gasteiger partial charge in [-0.3, -0.25) is 4.79 Å². The van der Waals surface area contributed by atoms with Crippen LogP contribution in [0.4, 0.5) is 0 Å². The van der Waals surface area contributed by atoms with Crippen molar-refractivity contribution < 1.29 is 14.3 Å². The van der Waals surface area contributed by atoms with E-state index >= 15 is 0 Å². The van der Waals surface area contributed by atoms with E-state index in [1.54, 1.807) is 14.2 Å². The second-order valence-electron chi connectivity index (χ2n) is 5.06. The maximum atomic E-state index is 12.0. The molecule has 1 N–H and O–H groups in total. The van der Waals surface area contributed by atoms with E-state index in [9.17, 15) is 4.79 Å². The van der Waals surface area contributed by atoms with Crippen LogP contribution in [-0.4, -0.2) is 20.1 Å². The minimum atomic E-state index is 0.00912. The maximum absolute atomic E-state index is 12.0. The number of amides is 1. The van der Waals surface area contributed by atoms with Crippen molar-refractivity contribution in [2.45, 2.75) is 19.4 Å². The first-order valence-corrected chi connectivity index (χ1v) is 8.14. The van der Waals surface area contributed by atoms with Gasteiger partial charge in [-0.2, -0.15) is 0 Å². The lowest BCUT2D eigenvalue weighted by Crippen LogP contribution is -2.23. The molecule has 0 radical (unpaired) electrons. The summed E-state index contributed by atoms with van der Waals surface area (Å²) < 4.78 is 11.6. The van der Waals surface area contributed by atoms with Gasteiger partial charge in [-0.1, -0.05) is 40.2 Å². The molecular weight excluding hydrogens is 358 g/mol. The van der Waals surface area contributed by atoms with Crippen molar-refractivity contribution in [3.63, 3.8) is 0 Å². The third kappa shape index (κ3) is 4.99. The van der Waals surface area contributed by atoms with Crippen LogP contribution in [0.15, 0.2) is 46.9 Å². The van der Waals surface area contributed by atoms with E-state index in [-0.39, 0.29) is 5.91 Å². The largest absolute Gasteiger partial charge is 0.493 e. The van der Waals surface area contributed by atoms with E-state index in [1.165, 1.54) is 0 Å². The first kappa shape index (κ1) is 17.3. The van der Waals surface area contributed by atoms with Crippen LogP contribution in [0.25, 0.3) is 0 Å². The molecule has 5 heteroatoms. The molecule has 2 aromatic rings. The zero-order valence-corrected chi connectivity index (χ0v) is 14.9. The summed E-state index contributed by atoms with van der Waals surface area (Å²) in [7, 11) is 3.19. The van der Waals surface area contributed by atoms with E-state index in [0.717, 1.165) is 15.6 Å². The summed E-state index contributed by atoms with van der Waals surface area (Å²) in [6.07, 6.45) is 1.16. The summed E-state index contributed by atoms with van der Waals surface area (Å²) in [5.41, 5.74) is 2.02. The van der Waals surface area contributed by atoms with Gasteiger partial charge in [-0.15, -0.1) is 0 Å². The van der Waals surface area contributed by atoms with Crippen LogP contribution in [0.1, 0.15) is 17.5 Å². The maximum Gasteiger partial charge on any atom is 0.220 e. The number of hydrogen-bond donors (Lipinski definition) is 1. The minimum Gasteiger partial charge on any atom is -0.493 e. The Morgan fingerprint density at radius 2 is 1.91 bits per heavy atom. The normalized spacial score (nSPS) is 10.2. The second-order valence-corrected chi connectivity index (χ2v) is 5.97. The Hall–Kier alpha value is -2.01. The molecule has 23 heavy (non-hydrogen) atoms.